The van der Waals surface area contributed by atoms with Crippen LogP contribution in [0.25, 0.3) is 10.9 Å². The van der Waals surface area contributed by atoms with Gasteiger partial charge in [-0.15, -0.1) is 0 Å². The number of halogens is 1. The zero-order chi connectivity index (χ0) is 17.4. The molecule has 1 saturated heterocycles. The van der Waals surface area contributed by atoms with Gasteiger partial charge in [0, 0.05) is 37.0 Å². The Kier molecular flexibility index (Phi) is 4.06. The number of carbonyl (C=O) groups is 1. The number of hydrogen-bond donors (Lipinski definition) is 2. The number of nitrogens with zero attached hydrogens (tertiary/aromatic N) is 2. The number of H-pyrrole nitrogens is 1. The van der Waals surface area contributed by atoms with Crippen LogP contribution in [0.2, 0.25) is 0 Å². The fraction of sp³-hybridized carbons (Fsp3) is 0.412. The first-order valence-electron chi connectivity index (χ1n) is 7.85. The second kappa shape index (κ2) is 6.04. The number of nitrogens with two attached hydrogens (primary N) is 1. The van der Waals surface area contributed by atoms with Gasteiger partial charge in [0.25, 0.3) is 0 Å². The smallest absolute Gasteiger partial charge is 0.404 e. The van der Waals surface area contributed by atoms with Crippen molar-refractivity contribution in [3.05, 3.63) is 28.7 Å². The van der Waals surface area contributed by atoms with Crippen molar-refractivity contribution in [1.29, 1.82) is 5.26 Å². The monoisotopic (exact) mass is 330 g/mol. The van der Waals surface area contributed by atoms with Gasteiger partial charge in [0.1, 0.15) is 18.0 Å². The van der Waals surface area contributed by atoms with Crippen molar-refractivity contribution in [3.63, 3.8) is 0 Å². The van der Waals surface area contributed by atoms with Crippen LogP contribution in [0.1, 0.15) is 29.7 Å². The lowest BCUT2D eigenvalue weighted by Gasteiger charge is -2.33. The number of anilines is 1. The molecule has 0 spiro atoms. The third-order valence-corrected chi connectivity index (χ3v) is 4.66. The molecule has 0 saturated carbocycles. The summed E-state index contributed by atoms with van der Waals surface area (Å²) in [5, 5.41) is 10.0. The number of aryl methyl sites for hydroxylation is 2. The number of carbonyl (C=O) groups excluding carboxylic acids is 1. The van der Waals surface area contributed by atoms with Crippen LogP contribution >= 0.6 is 0 Å². The number of nitrogens with one attached hydrogen (secondary N) is 1. The molecule has 0 atom stereocenters. The summed E-state index contributed by atoms with van der Waals surface area (Å²) in [6.45, 7) is 4.94. The molecule has 2 aromatic rings. The second-order valence-corrected chi connectivity index (χ2v) is 6.11. The fourth-order valence-electron chi connectivity index (χ4n) is 3.36. The highest BCUT2D eigenvalue weighted by molar-refractivity contribution is 5.99. The molecule has 2 heterocycles. The normalized spacial score (nSPS) is 15.5. The van der Waals surface area contributed by atoms with Crippen molar-refractivity contribution in [2.24, 2.45) is 5.73 Å². The molecule has 7 heteroatoms. The van der Waals surface area contributed by atoms with E-state index < -0.39 is 11.9 Å². The van der Waals surface area contributed by atoms with Gasteiger partial charge in [-0.3, -0.25) is 0 Å². The third kappa shape index (κ3) is 2.64. The number of rotatable bonds is 2. The molecule has 1 aromatic heterocycles. The van der Waals surface area contributed by atoms with Gasteiger partial charge in [0.15, 0.2) is 0 Å². The molecule has 6 nitrogen and oxygen atoms in total. The van der Waals surface area contributed by atoms with Crippen LogP contribution in [-0.2, 0) is 4.74 Å². The van der Waals surface area contributed by atoms with Crippen molar-refractivity contribution in [3.8, 4) is 6.07 Å². The largest absolute Gasteiger partial charge is 0.446 e. The van der Waals surface area contributed by atoms with Crippen LogP contribution in [0.5, 0.6) is 0 Å². The highest BCUT2D eigenvalue weighted by atomic mass is 19.1. The summed E-state index contributed by atoms with van der Waals surface area (Å²) >= 11 is 0. The zero-order valence-electron chi connectivity index (χ0n) is 13.6. The summed E-state index contributed by atoms with van der Waals surface area (Å²) in [6.07, 6.45) is 0.167. The summed E-state index contributed by atoms with van der Waals surface area (Å²) in [5.41, 5.74) is 8.38. The molecule has 0 bridgehead atoms. The number of nitriles is 1. The van der Waals surface area contributed by atoms with E-state index in [9.17, 15) is 14.4 Å². The van der Waals surface area contributed by atoms with E-state index in [0.717, 1.165) is 16.6 Å². The predicted octanol–water partition coefficient (Wildman–Crippen LogP) is 2.86. The number of hydrogen-bond acceptors (Lipinski definition) is 4. The van der Waals surface area contributed by atoms with Gasteiger partial charge in [0.2, 0.25) is 0 Å². The van der Waals surface area contributed by atoms with Crippen LogP contribution in [0, 0.1) is 31.0 Å². The maximum atomic E-state index is 14.7. The summed E-state index contributed by atoms with van der Waals surface area (Å²) in [5.74, 6) is -0.407. The minimum absolute atomic E-state index is 0.232. The van der Waals surface area contributed by atoms with Crippen molar-refractivity contribution in [2.75, 3.05) is 18.0 Å². The van der Waals surface area contributed by atoms with Gasteiger partial charge >= 0.3 is 6.09 Å². The van der Waals surface area contributed by atoms with Crippen LogP contribution in [-0.4, -0.2) is 30.3 Å². The molecule has 1 aliphatic heterocycles. The van der Waals surface area contributed by atoms with E-state index in [1.54, 1.807) is 0 Å². The topological polar surface area (TPSA) is 95.1 Å². The number of amides is 1. The van der Waals surface area contributed by atoms with Crippen molar-refractivity contribution >= 4 is 22.7 Å². The first kappa shape index (κ1) is 16.1. The van der Waals surface area contributed by atoms with Gasteiger partial charge in [-0.05, 0) is 25.5 Å². The van der Waals surface area contributed by atoms with Gasteiger partial charge in [-0.2, -0.15) is 5.26 Å². The quantitative estimate of drug-likeness (QED) is 0.885. The lowest BCUT2D eigenvalue weighted by atomic mass is 10.0. The van der Waals surface area contributed by atoms with E-state index in [0.29, 0.717) is 42.7 Å². The molecule has 24 heavy (non-hydrogen) atoms. The molecular formula is C17H19FN4O2. The maximum Gasteiger partial charge on any atom is 0.404 e. The van der Waals surface area contributed by atoms with Crippen molar-refractivity contribution in [1.82, 2.24) is 4.98 Å². The minimum atomic E-state index is -0.780. The third-order valence-electron chi connectivity index (χ3n) is 4.66. The van der Waals surface area contributed by atoms with Crippen LogP contribution < -0.4 is 10.6 Å². The molecule has 0 radical (unpaired) electrons. The maximum absolute atomic E-state index is 14.7. The van der Waals surface area contributed by atoms with Gasteiger partial charge < -0.3 is 20.4 Å². The Morgan fingerprint density at radius 1 is 1.46 bits per heavy atom. The Bertz CT molecular complexity index is 845. The summed E-state index contributed by atoms with van der Waals surface area (Å²) in [7, 11) is 0. The highest BCUT2D eigenvalue weighted by Crippen LogP contribution is 2.37. The van der Waals surface area contributed by atoms with Crippen LogP contribution in [0.15, 0.2) is 6.07 Å². The first-order chi connectivity index (χ1) is 11.4. The van der Waals surface area contributed by atoms with E-state index >= 15 is 0 Å². The zero-order valence-corrected chi connectivity index (χ0v) is 13.6. The van der Waals surface area contributed by atoms with Gasteiger partial charge in [-0.1, -0.05) is 0 Å². The summed E-state index contributed by atoms with van der Waals surface area (Å²) in [4.78, 5) is 16.0. The summed E-state index contributed by atoms with van der Waals surface area (Å²) in [6, 6.07) is 3.33. The second-order valence-electron chi connectivity index (χ2n) is 6.11. The average molecular weight is 330 g/mol. The van der Waals surface area contributed by atoms with Gasteiger partial charge in [-0.25, -0.2) is 9.18 Å². The fourth-order valence-corrected chi connectivity index (χ4v) is 3.36. The Balaban J connectivity index is 2.00. The number of piperidine rings is 1. The summed E-state index contributed by atoms with van der Waals surface area (Å²) < 4.78 is 19.8. The molecule has 1 fully saturated rings. The molecule has 3 N–H and O–H groups in total. The van der Waals surface area contributed by atoms with Gasteiger partial charge in [0.05, 0.1) is 16.8 Å². The van der Waals surface area contributed by atoms with E-state index in [2.05, 4.69) is 4.98 Å². The number of aromatic amines is 1. The number of primary amides is 1. The predicted molar refractivity (Wildman–Crippen MR) is 88.3 cm³/mol. The lowest BCUT2D eigenvalue weighted by molar-refractivity contribution is 0.0912. The SMILES string of the molecule is Cc1[nH]c2c(C#N)cc(F)c(N3CCC(OC(N)=O)CC3)c2c1C. The molecular weight excluding hydrogens is 311 g/mol. The van der Waals surface area contributed by atoms with E-state index in [-0.39, 0.29) is 6.10 Å². The number of ether oxygens (including phenoxy) is 1. The van der Waals surface area contributed by atoms with E-state index in [4.69, 9.17) is 10.5 Å². The van der Waals surface area contributed by atoms with Crippen molar-refractivity contribution < 1.29 is 13.9 Å². The van der Waals surface area contributed by atoms with E-state index in [1.165, 1.54) is 6.07 Å². The number of fused-ring (bicyclic) bond motifs is 1. The van der Waals surface area contributed by atoms with Crippen LogP contribution in [0.4, 0.5) is 14.9 Å². The Labute approximate surface area is 139 Å². The molecule has 1 aromatic carbocycles. The molecule has 0 unspecified atom stereocenters. The molecule has 1 aliphatic rings. The number of benzene rings is 1. The highest BCUT2D eigenvalue weighted by Gasteiger charge is 2.27. The Morgan fingerprint density at radius 2 is 2.12 bits per heavy atom. The Hall–Kier alpha value is -2.75. The molecule has 126 valence electrons. The molecule has 3 rings (SSSR count). The van der Waals surface area contributed by atoms with E-state index in [1.807, 2.05) is 24.8 Å². The minimum Gasteiger partial charge on any atom is -0.446 e. The number of aromatic nitrogens is 1. The Morgan fingerprint density at radius 3 is 2.71 bits per heavy atom. The standard InChI is InChI=1S/C17H19FN4O2/c1-9-10(2)21-15-11(8-19)7-13(18)16(14(9)15)22-5-3-12(4-6-22)24-17(20)23/h7,12,21H,3-6H2,1-2H3,(H2,20,23). The first-order valence-corrected chi connectivity index (χ1v) is 7.85. The van der Waals surface area contributed by atoms with Crippen LogP contribution in [0.3, 0.4) is 0 Å². The lowest BCUT2D eigenvalue weighted by Crippen LogP contribution is -2.39. The van der Waals surface area contributed by atoms with Crippen molar-refractivity contribution in [2.45, 2.75) is 32.8 Å². The average Bonchev–Trinajstić information content (AvgIpc) is 2.83. The molecule has 1 amide bonds. The molecule has 0 aliphatic carbocycles.